The summed E-state index contributed by atoms with van der Waals surface area (Å²) in [7, 11) is 0. The highest BCUT2D eigenvalue weighted by atomic mass is 16.7. The van der Waals surface area contributed by atoms with E-state index in [9.17, 15) is 0 Å². The normalized spacial score (nSPS) is 21.5. The molecule has 1 aromatic rings. The summed E-state index contributed by atoms with van der Waals surface area (Å²) in [6, 6.07) is 3.69. The van der Waals surface area contributed by atoms with E-state index in [4.69, 9.17) is 20.5 Å². The number of anilines is 2. The van der Waals surface area contributed by atoms with Gasteiger partial charge in [-0.2, -0.15) is 5.26 Å². The third-order valence-electron chi connectivity index (χ3n) is 3.55. The molecule has 2 saturated heterocycles. The molecule has 2 fully saturated rings. The van der Waals surface area contributed by atoms with Gasteiger partial charge in [-0.1, -0.05) is 0 Å². The van der Waals surface area contributed by atoms with Crippen LogP contribution in [0.25, 0.3) is 0 Å². The Labute approximate surface area is 111 Å². The molecule has 0 aromatic carbocycles. The molecule has 100 valence electrons. The van der Waals surface area contributed by atoms with Crippen LogP contribution in [0, 0.1) is 11.3 Å². The number of nitrogens with zero attached hydrogens (tertiary/aromatic N) is 3. The van der Waals surface area contributed by atoms with Gasteiger partial charge in [0, 0.05) is 19.2 Å². The lowest BCUT2D eigenvalue weighted by Gasteiger charge is -2.39. The van der Waals surface area contributed by atoms with Crippen molar-refractivity contribution in [2.75, 3.05) is 36.9 Å². The molecule has 3 heterocycles. The number of piperidine rings is 1. The molecule has 0 aliphatic carbocycles. The number of hydrogen-bond donors (Lipinski definition) is 1. The predicted octanol–water partition coefficient (Wildman–Crippen LogP) is 0.879. The molecule has 2 aliphatic heterocycles. The van der Waals surface area contributed by atoms with Crippen LogP contribution in [0.2, 0.25) is 0 Å². The predicted molar refractivity (Wildman–Crippen MR) is 69.4 cm³/mol. The number of hydrogen-bond acceptors (Lipinski definition) is 6. The number of aromatic nitrogens is 1. The van der Waals surface area contributed by atoms with E-state index in [1.54, 1.807) is 12.3 Å². The Balaban J connectivity index is 1.84. The van der Waals surface area contributed by atoms with E-state index in [2.05, 4.69) is 9.88 Å². The van der Waals surface area contributed by atoms with Crippen LogP contribution in [-0.2, 0) is 9.47 Å². The first kappa shape index (κ1) is 12.2. The highest BCUT2D eigenvalue weighted by Crippen LogP contribution is 2.33. The van der Waals surface area contributed by atoms with Crippen molar-refractivity contribution >= 4 is 11.5 Å². The van der Waals surface area contributed by atoms with Crippen molar-refractivity contribution < 1.29 is 9.47 Å². The molecule has 1 aromatic heterocycles. The van der Waals surface area contributed by atoms with Gasteiger partial charge in [-0.25, -0.2) is 4.98 Å². The minimum absolute atomic E-state index is 0.473. The van der Waals surface area contributed by atoms with Crippen molar-refractivity contribution in [1.82, 2.24) is 4.98 Å². The minimum Gasteiger partial charge on any atom is -0.396 e. The molecule has 2 aliphatic rings. The third kappa shape index (κ3) is 2.23. The third-order valence-corrected chi connectivity index (χ3v) is 3.55. The van der Waals surface area contributed by atoms with E-state index in [1.165, 1.54) is 0 Å². The van der Waals surface area contributed by atoms with Gasteiger partial charge in [0.1, 0.15) is 6.07 Å². The molecule has 6 nitrogen and oxygen atoms in total. The molecule has 19 heavy (non-hydrogen) atoms. The zero-order valence-corrected chi connectivity index (χ0v) is 10.6. The maximum Gasteiger partial charge on any atom is 0.186 e. The topological polar surface area (TPSA) is 84.4 Å². The monoisotopic (exact) mass is 260 g/mol. The van der Waals surface area contributed by atoms with Crippen LogP contribution in [-0.4, -0.2) is 37.1 Å². The first-order chi connectivity index (χ1) is 9.22. The van der Waals surface area contributed by atoms with Crippen LogP contribution in [0.5, 0.6) is 0 Å². The van der Waals surface area contributed by atoms with Crippen LogP contribution >= 0.6 is 0 Å². The van der Waals surface area contributed by atoms with Gasteiger partial charge in [-0.15, -0.1) is 0 Å². The van der Waals surface area contributed by atoms with Crippen molar-refractivity contribution in [2.45, 2.75) is 18.6 Å². The summed E-state index contributed by atoms with van der Waals surface area (Å²) in [5, 5.41) is 8.83. The zero-order chi connectivity index (χ0) is 13.3. The zero-order valence-electron chi connectivity index (χ0n) is 10.6. The molecule has 0 unspecified atom stereocenters. The number of rotatable bonds is 1. The van der Waals surface area contributed by atoms with E-state index in [-0.39, 0.29) is 0 Å². The summed E-state index contributed by atoms with van der Waals surface area (Å²) < 4.78 is 11.5. The van der Waals surface area contributed by atoms with Crippen LogP contribution in [0.1, 0.15) is 18.4 Å². The number of pyridine rings is 1. The van der Waals surface area contributed by atoms with E-state index >= 15 is 0 Å². The summed E-state index contributed by atoms with van der Waals surface area (Å²) in [4.78, 5) is 6.37. The Morgan fingerprint density at radius 1 is 1.42 bits per heavy atom. The maximum atomic E-state index is 8.83. The number of nitriles is 1. The summed E-state index contributed by atoms with van der Waals surface area (Å²) in [6.07, 6.45) is 3.42. The quantitative estimate of drug-likeness (QED) is 0.806. The lowest BCUT2D eigenvalue weighted by atomic mass is 10.0. The lowest BCUT2D eigenvalue weighted by molar-refractivity contribution is -0.161. The largest absolute Gasteiger partial charge is 0.396 e. The molecular weight excluding hydrogens is 244 g/mol. The van der Waals surface area contributed by atoms with Gasteiger partial charge in [0.05, 0.1) is 31.0 Å². The molecule has 0 amide bonds. The first-order valence-electron chi connectivity index (χ1n) is 6.41. The molecule has 0 radical (unpaired) electrons. The van der Waals surface area contributed by atoms with Gasteiger partial charge in [-0.05, 0) is 12.5 Å². The smallest absolute Gasteiger partial charge is 0.186 e. The molecule has 6 heteroatoms. The number of nitrogen functional groups attached to an aromatic ring is 1. The van der Waals surface area contributed by atoms with Gasteiger partial charge < -0.3 is 20.1 Å². The summed E-state index contributed by atoms with van der Waals surface area (Å²) in [5.74, 6) is 0.206. The van der Waals surface area contributed by atoms with Gasteiger partial charge in [0.2, 0.25) is 0 Å². The maximum absolute atomic E-state index is 8.83. The SMILES string of the molecule is N#Cc1cnc(N2CCCC3(C2)OCCO3)c(N)c1. The molecule has 3 rings (SSSR count). The van der Waals surface area contributed by atoms with Crippen molar-refractivity contribution in [3.8, 4) is 6.07 Å². The average molecular weight is 260 g/mol. The van der Waals surface area contributed by atoms with E-state index in [1.807, 2.05) is 6.07 Å². The molecule has 2 N–H and O–H groups in total. The molecule has 0 saturated carbocycles. The second kappa shape index (κ2) is 4.68. The van der Waals surface area contributed by atoms with Gasteiger partial charge >= 0.3 is 0 Å². The molecule has 0 atom stereocenters. The highest BCUT2D eigenvalue weighted by molar-refractivity contribution is 5.64. The van der Waals surface area contributed by atoms with Crippen LogP contribution in [0.4, 0.5) is 11.5 Å². The Hall–Kier alpha value is -1.84. The molecule has 0 bridgehead atoms. The Morgan fingerprint density at radius 3 is 2.89 bits per heavy atom. The van der Waals surface area contributed by atoms with Crippen molar-refractivity contribution in [1.29, 1.82) is 5.26 Å². The van der Waals surface area contributed by atoms with Crippen molar-refractivity contribution in [3.63, 3.8) is 0 Å². The van der Waals surface area contributed by atoms with Gasteiger partial charge in [0.15, 0.2) is 11.6 Å². The molecule has 1 spiro atoms. The van der Waals surface area contributed by atoms with E-state index in [0.717, 1.165) is 19.4 Å². The van der Waals surface area contributed by atoms with Crippen LogP contribution < -0.4 is 10.6 Å². The lowest BCUT2D eigenvalue weighted by Crippen LogP contribution is -2.49. The van der Waals surface area contributed by atoms with Crippen molar-refractivity contribution in [3.05, 3.63) is 17.8 Å². The van der Waals surface area contributed by atoms with Gasteiger partial charge in [0.25, 0.3) is 0 Å². The number of ether oxygens (including phenoxy) is 2. The standard InChI is InChI=1S/C13H16N4O2/c14-7-10-6-11(15)12(16-8-10)17-3-1-2-13(9-17)18-4-5-19-13/h6,8H,1-5,9,15H2. The van der Waals surface area contributed by atoms with Gasteiger partial charge in [-0.3, -0.25) is 0 Å². The second-order valence-corrected chi connectivity index (χ2v) is 4.88. The summed E-state index contributed by atoms with van der Waals surface area (Å²) in [6.45, 7) is 2.79. The van der Waals surface area contributed by atoms with Crippen molar-refractivity contribution in [2.24, 2.45) is 0 Å². The van der Waals surface area contributed by atoms with E-state index in [0.29, 0.717) is 36.8 Å². The summed E-state index contributed by atoms with van der Waals surface area (Å²) in [5.41, 5.74) is 6.97. The second-order valence-electron chi connectivity index (χ2n) is 4.88. The van der Waals surface area contributed by atoms with Crippen LogP contribution in [0.15, 0.2) is 12.3 Å². The first-order valence-corrected chi connectivity index (χ1v) is 6.41. The Kier molecular flexibility index (Phi) is 3.01. The fourth-order valence-electron chi connectivity index (χ4n) is 2.70. The average Bonchev–Trinajstić information content (AvgIpc) is 2.86. The fourth-order valence-corrected chi connectivity index (χ4v) is 2.70. The fraction of sp³-hybridized carbons (Fsp3) is 0.538. The highest BCUT2D eigenvalue weighted by Gasteiger charge is 2.41. The minimum atomic E-state index is -0.500. The van der Waals surface area contributed by atoms with E-state index < -0.39 is 5.79 Å². The molecular formula is C13H16N4O2. The van der Waals surface area contributed by atoms with Crippen LogP contribution in [0.3, 0.4) is 0 Å². The number of nitrogens with two attached hydrogens (primary N) is 1. The Bertz CT molecular complexity index is 520. The Morgan fingerprint density at radius 2 is 2.21 bits per heavy atom. The summed E-state index contributed by atoms with van der Waals surface area (Å²) >= 11 is 0.